The summed E-state index contributed by atoms with van der Waals surface area (Å²) in [5.41, 5.74) is 0. The molecule has 0 radical (unpaired) electrons. The van der Waals surface area contributed by atoms with Gasteiger partial charge in [-0.15, -0.1) is 0 Å². The molecule has 0 aliphatic carbocycles. The minimum absolute atomic E-state index is 0.478. The van der Waals surface area contributed by atoms with Gasteiger partial charge >= 0.3 is 0 Å². The van der Waals surface area contributed by atoms with Gasteiger partial charge in [0.05, 0.1) is 6.61 Å². The maximum absolute atomic E-state index is 5.48. The van der Waals surface area contributed by atoms with Crippen molar-refractivity contribution in [2.24, 2.45) is 0 Å². The lowest BCUT2D eigenvalue weighted by Gasteiger charge is -2.01. The van der Waals surface area contributed by atoms with E-state index >= 15 is 0 Å². The lowest BCUT2D eigenvalue weighted by atomic mass is 10.4. The highest BCUT2D eigenvalue weighted by atomic mass is 35.5. The van der Waals surface area contributed by atoms with Crippen molar-refractivity contribution < 1.29 is 4.74 Å². The van der Waals surface area contributed by atoms with Crippen LogP contribution < -0.4 is 0 Å². The van der Waals surface area contributed by atoms with E-state index < -0.39 is 0 Å². The molecule has 0 bridgehead atoms. The second-order valence-electron chi connectivity index (χ2n) is 2.09. The molecule has 11 heavy (non-hydrogen) atoms. The van der Waals surface area contributed by atoms with E-state index in [1.807, 2.05) is 6.92 Å². The molecule has 0 aliphatic heterocycles. The van der Waals surface area contributed by atoms with E-state index in [0.717, 1.165) is 6.42 Å². The molecule has 0 aromatic rings. The molecule has 0 spiro atoms. The topological polar surface area (TPSA) is 9.23 Å². The van der Waals surface area contributed by atoms with Crippen LogP contribution in [0, 0.1) is 0 Å². The maximum Gasteiger partial charge on any atom is 0.112 e. The van der Waals surface area contributed by atoms with Gasteiger partial charge in [-0.05, 0) is 18.6 Å². The summed E-state index contributed by atoms with van der Waals surface area (Å²) in [5, 5.41) is 0.478. The molecule has 0 aromatic heterocycles. The Morgan fingerprint density at radius 1 is 1.45 bits per heavy atom. The smallest absolute Gasteiger partial charge is 0.112 e. The summed E-state index contributed by atoms with van der Waals surface area (Å²) >= 11 is 5.48. The number of allylic oxidation sites excluding steroid dienone is 3. The van der Waals surface area contributed by atoms with Crippen LogP contribution in [0.4, 0.5) is 0 Å². The van der Waals surface area contributed by atoms with E-state index in [2.05, 4.69) is 13.2 Å². The zero-order valence-electron chi connectivity index (χ0n) is 6.77. The SMILES string of the molecule is C=C(Cl)/C=C\C(=C)OCCC. The van der Waals surface area contributed by atoms with E-state index in [1.165, 1.54) is 0 Å². The highest BCUT2D eigenvalue weighted by Crippen LogP contribution is 2.03. The second kappa shape index (κ2) is 6.05. The summed E-state index contributed by atoms with van der Waals surface area (Å²) in [6.45, 7) is 9.88. The number of rotatable bonds is 5. The molecule has 0 saturated carbocycles. The summed E-state index contributed by atoms with van der Waals surface area (Å²) in [4.78, 5) is 0. The van der Waals surface area contributed by atoms with Crippen molar-refractivity contribution in [1.29, 1.82) is 0 Å². The third kappa shape index (κ3) is 7.20. The fourth-order valence-electron chi connectivity index (χ4n) is 0.465. The zero-order chi connectivity index (χ0) is 8.69. The molecule has 0 fully saturated rings. The Balaban J connectivity index is 3.60. The van der Waals surface area contributed by atoms with Crippen LogP contribution in [0.2, 0.25) is 0 Å². The minimum atomic E-state index is 0.478. The molecular weight excluding hydrogens is 160 g/mol. The van der Waals surface area contributed by atoms with Gasteiger partial charge in [-0.1, -0.05) is 31.7 Å². The van der Waals surface area contributed by atoms with Crippen LogP contribution in [-0.2, 0) is 4.74 Å². The summed E-state index contributed by atoms with van der Waals surface area (Å²) < 4.78 is 5.16. The first kappa shape index (κ1) is 10.3. The Morgan fingerprint density at radius 3 is 2.55 bits per heavy atom. The first-order valence-corrected chi connectivity index (χ1v) is 3.88. The van der Waals surface area contributed by atoms with Crippen molar-refractivity contribution in [1.82, 2.24) is 0 Å². The maximum atomic E-state index is 5.48. The van der Waals surface area contributed by atoms with E-state index in [4.69, 9.17) is 16.3 Å². The molecular formula is C9H13ClO. The average Bonchev–Trinajstić information content (AvgIpc) is 1.97. The Morgan fingerprint density at radius 2 is 2.09 bits per heavy atom. The lowest BCUT2D eigenvalue weighted by Crippen LogP contribution is -1.88. The third-order valence-corrected chi connectivity index (χ3v) is 1.07. The van der Waals surface area contributed by atoms with Crippen LogP contribution in [-0.4, -0.2) is 6.61 Å². The van der Waals surface area contributed by atoms with E-state index in [9.17, 15) is 0 Å². The molecule has 0 saturated heterocycles. The number of hydrogen-bond acceptors (Lipinski definition) is 1. The predicted octanol–water partition coefficient (Wildman–Crippen LogP) is 3.24. The normalized spacial score (nSPS) is 10.0. The fraction of sp³-hybridized carbons (Fsp3) is 0.333. The molecule has 0 unspecified atom stereocenters. The van der Waals surface area contributed by atoms with Gasteiger partial charge in [0, 0.05) is 5.03 Å². The zero-order valence-corrected chi connectivity index (χ0v) is 7.53. The fourth-order valence-corrected chi connectivity index (χ4v) is 0.528. The quantitative estimate of drug-likeness (QED) is 0.457. The van der Waals surface area contributed by atoms with Crippen LogP contribution in [0.15, 0.2) is 36.1 Å². The molecule has 0 amide bonds. The van der Waals surface area contributed by atoms with Gasteiger partial charge in [-0.2, -0.15) is 0 Å². The van der Waals surface area contributed by atoms with Gasteiger partial charge in [-0.25, -0.2) is 0 Å². The van der Waals surface area contributed by atoms with Crippen molar-refractivity contribution in [3.63, 3.8) is 0 Å². The number of hydrogen-bond donors (Lipinski definition) is 0. The first-order chi connectivity index (χ1) is 5.16. The van der Waals surface area contributed by atoms with Gasteiger partial charge in [0.1, 0.15) is 5.76 Å². The van der Waals surface area contributed by atoms with Crippen LogP contribution in [0.25, 0.3) is 0 Å². The Kier molecular flexibility index (Phi) is 5.67. The van der Waals surface area contributed by atoms with Crippen molar-refractivity contribution in [2.45, 2.75) is 13.3 Å². The average molecular weight is 173 g/mol. The number of ether oxygens (including phenoxy) is 1. The van der Waals surface area contributed by atoms with Crippen molar-refractivity contribution >= 4 is 11.6 Å². The van der Waals surface area contributed by atoms with Crippen LogP contribution >= 0.6 is 11.6 Å². The molecule has 1 nitrogen and oxygen atoms in total. The van der Waals surface area contributed by atoms with Gasteiger partial charge in [0.25, 0.3) is 0 Å². The lowest BCUT2D eigenvalue weighted by molar-refractivity contribution is 0.226. The first-order valence-electron chi connectivity index (χ1n) is 3.51. The molecule has 0 aromatic carbocycles. The van der Waals surface area contributed by atoms with Crippen molar-refractivity contribution in [3.05, 3.63) is 36.1 Å². The van der Waals surface area contributed by atoms with Crippen molar-refractivity contribution in [3.8, 4) is 0 Å². The molecule has 62 valence electrons. The second-order valence-corrected chi connectivity index (χ2v) is 2.58. The summed E-state index contributed by atoms with van der Waals surface area (Å²) in [5.74, 6) is 0.619. The summed E-state index contributed by atoms with van der Waals surface area (Å²) in [7, 11) is 0. The monoisotopic (exact) mass is 172 g/mol. The van der Waals surface area contributed by atoms with Crippen LogP contribution in [0.3, 0.4) is 0 Å². The molecule has 0 heterocycles. The summed E-state index contributed by atoms with van der Waals surface area (Å²) in [6, 6.07) is 0. The van der Waals surface area contributed by atoms with E-state index in [0.29, 0.717) is 17.4 Å². The molecule has 0 atom stereocenters. The summed E-state index contributed by atoms with van der Waals surface area (Å²) in [6.07, 6.45) is 4.33. The van der Waals surface area contributed by atoms with Crippen LogP contribution in [0.1, 0.15) is 13.3 Å². The van der Waals surface area contributed by atoms with Gasteiger partial charge in [0.15, 0.2) is 0 Å². The number of halogens is 1. The minimum Gasteiger partial charge on any atom is -0.494 e. The Bertz CT molecular complexity index is 170. The predicted molar refractivity (Wildman–Crippen MR) is 49.5 cm³/mol. The highest BCUT2D eigenvalue weighted by molar-refractivity contribution is 6.30. The molecule has 0 rings (SSSR count). The van der Waals surface area contributed by atoms with Gasteiger partial charge in [-0.3, -0.25) is 0 Å². The largest absolute Gasteiger partial charge is 0.494 e. The van der Waals surface area contributed by atoms with Crippen molar-refractivity contribution in [2.75, 3.05) is 6.61 Å². The highest BCUT2D eigenvalue weighted by Gasteiger charge is 1.86. The van der Waals surface area contributed by atoms with Crippen LogP contribution in [0.5, 0.6) is 0 Å². The van der Waals surface area contributed by atoms with Gasteiger partial charge in [0.2, 0.25) is 0 Å². The Hall–Kier alpha value is -0.690. The third-order valence-electron chi connectivity index (χ3n) is 0.942. The molecule has 0 aliphatic rings. The van der Waals surface area contributed by atoms with Gasteiger partial charge < -0.3 is 4.74 Å². The molecule has 2 heteroatoms. The molecule has 0 N–H and O–H groups in total. The standard InChI is InChI=1S/C9H13ClO/c1-4-7-11-9(3)6-5-8(2)10/h5-6H,2-4,7H2,1H3/b6-5-. The Labute approximate surface area is 73.0 Å². The van der Waals surface area contributed by atoms with E-state index in [-0.39, 0.29) is 0 Å². The van der Waals surface area contributed by atoms with E-state index in [1.54, 1.807) is 12.2 Å².